The molecule has 0 aliphatic carbocycles. The minimum Gasteiger partial charge on any atom is -0.481 e. The fraction of sp³-hybridized carbons (Fsp3) is 0.750. The second-order valence-corrected chi connectivity index (χ2v) is 1.75. The Hall–Kier alpha value is -0.545. The van der Waals surface area contributed by atoms with E-state index < -0.39 is 18.0 Å². The van der Waals surface area contributed by atoms with Crippen LogP contribution in [0, 0.1) is 0 Å². The van der Waals surface area contributed by atoms with Gasteiger partial charge in [-0.1, -0.05) is 0 Å². The fourth-order valence-electron chi connectivity index (χ4n) is 0.322. The maximum Gasteiger partial charge on any atom is 0.304 e. The molecule has 2 unspecified atom stereocenters. The Labute approximate surface area is 54.1 Å². The molecule has 2 radical (unpaired) electrons. The summed E-state index contributed by atoms with van der Waals surface area (Å²) in [6, 6.07) is -2.12. The van der Waals surface area contributed by atoms with Crippen molar-refractivity contribution in [3.05, 3.63) is 0 Å². The predicted octanol–water partition coefficient (Wildman–Crippen LogP) is -1.72. The van der Waals surface area contributed by atoms with Crippen LogP contribution in [-0.4, -0.2) is 36.1 Å². The molecule has 0 spiro atoms. The first-order valence-electron chi connectivity index (χ1n) is 2.45. The van der Waals surface area contributed by atoms with Crippen LogP contribution in [0.3, 0.4) is 0 Å². The Bertz CT molecular complexity index is 106. The minimum atomic E-state index is -1.25. The zero-order chi connectivity index (χ0) is 7.44. The van der Waals surface area contributed by atoms with Crippen LogP contribution in [-0.2, 0) is 4.79 Å². The Morgan fingerprint density at radius 2 is 2.22 bits per heavy atom. The average molecular weight is 129 g/mol. The van der Waals surface area contributed by atoms with Crippen LogP contribution in [0.5, 0.6) is 0 Å². The van der Waals surface area contributed by atoms with E-state index in [9.17, 15) is 4.79 Å². The van der Waals surface area contributed by atoms with Gasteiger partial charge in [0.25, 0.3) is 0 Å². The highest BCUT2D eigenvalue weighted by Gasteiger charge is 2.11. The molecule has 0 aliphatic rings. The number of carboxylic acid groups (broad SMARTS) is 1. The lowest BCUT2D eigenvalue weighted by atomic mass is 9.91. The molecule has 50 valence electrons. The van der Waals surface area contributed by atoms with Gasteiger partial charge in [0, 0.05) is 12.0 Å². The summed E-state index contributed by atoms with van der Waals surface area (Å²) in [6.45, 7) is 0. The summed E-state index contributed by atoms with van der Waals surface area (Å²) in [5.41, 5.74) is 5.06. The number of carbonyl (C=O) groups is 1. The lowest BCUT2D eigenvalue weighted by molar-refractivity contribution is -0.137. The molecule has 0 heterocycles. The van der Waals surface area contributed by atoms with E-state index in [1.165, 1.54) is 0 Å². The fourth-order valence-corrected chi connectivity index (χ4v) is 0.322. The number of nitrogens with two attached hydrogens (primary N) is 1. The highest BCUT2D eigenvalue weighted by molar-refractivity contribution is 6.11. The molecular formula is C4H8BNO3. The van der Waals surface area contributed by atoms with E-state index in [0.717, 1.165) is 0 Å². The maximum atomic E-state index is 9.87. The quantitative estimate of drug-likeness (QED) is 0.395. The van der Waals surface area contributed by atoms with E-state index in [0.29, 0.717) is 0 Å². The van der Waals surface area contributed by atoms with Crippen LogP contribution in [0.15, 0.2) is 0 Å². The van der Waals surface area contributed by atoms with E-state index in [-0.39, 0.29) is 6.42 Å². The largest absolute Gasteiger partial charge is 0.481 e. The third-order valence-electron chi connectivity index (χ3n) is 0.849. The Morgan fingerprint density at radius 1 is 1.78 bits per heavy atom. The molecule has 0 aromatic carbocycles. The van der Waals surface area contributed by atoms with Gasteiger partial charge in [-0.25, -0.2) is 0 Å². The number of aliphatic hydroxyl groups is 1. The lowest BCUT2D eigenvalue weighted by Crippen LogP contribution is -2.36. The van der Waals surface area contributed by atoms with Crippen molar-refractivity contribution in [3.8, 4) is 0 Å². The van der Waals surface area contributed by atoms with Crippen LogP contribution in [0.2, 0.25) is 0 Å². The number of aliphatic hydroxyl groups excluding tert-OH is 1. The normalized spacial score (nSPS) is 16.7. The number of hydrogen-bond acceptors (Lipinski definition) is 3. The van der Waals surface area contributed by atoms with Gasteiger partial charge in [0.05, 0.1) is 6.42 Å². The monoisotopic (exact) mass is 129 g/mol. The SMILES string of the molecule is [B]C(O)C(N)CC(=O)O. The molecule has 2 atom stereocenters. The molecule has 0 aromatic rings. The molecule has 0 saturated carbocycles. The van der Waals surface area contributed by atoms with Crippen LogP contribution < -0.4 is 5.73 Å². The van der Waals surface area contributed by atoms with Crippen molar-refractivity contribution in [2.45, 2.75) is 18.5 Å². The first-order valence-corrected chi connectivity index (χ1v) is 2.45. The molecule has 0 fully saturated rings. The van der Waals surface area contributed by atoms with E-state index in [4.69, 9.17) is 23.8 Å². The van der Waals surface area contributed by atoms with Crippen molar-refractivity contribution in [1.82, 2.24) is 0 Å². The van der Waals surface area contributed by atoms with Gasteiger partial charge in [0.15, 0.2) is 0 Å². The summed E-state index contributed by atoms with van der Waals surface area (Å²) >= 11 is 0. The van der Waals surface area contributed by atoms with Gasteiger partial charge in [-0.05, 0) is 0 Å². The first kappa shape index (κ1) is 8.45. The van der Waals surface area contributed by atoms with Crippen molar-refractivity contribution in [2.24, 2.45) is 5.73 Å². The summed E-state index contributed by atoms with van der Waals surface area (Å²) in [4.78, 5) is 9.87. The van der Waals surface area contributed by atoms with Crippen LogP contribution in [0.4, 0.5) is 0 Å². The van der Waals surface area contributed by atoms with Gasteiger partial charge in [0.1, 0.15) is 7.85 Å². The van der Waals surface area contributed by atoms with Gasteiger partial charge in [-0.3, -0.25) is 4.79 Å². The second-order valence-electron chi connectivity index (χ2n) is 1.75. The van der Waals surface area contributed by atoms with Gasteiger partial charge in [-0.2, -0.15) is 0 Å². The van der Waals surface area contributed by atoms with E-state index >= 15 is 0 Å². The summed E-state index contributed by atoms with van der Waals surface area (Å²) in [6.07, 6.45) is -0.308. The molecule has 0 rings (SSSR count). The summed E-state index contributed by atoms with van der Waals surface area (Å²) in [5, 5.41) is 16.5. The smallest absolute Gasteiger partial charge is 0.304 e. The molecule has 9 heavy (non-hydrogen) atoms. The van der Waals surface area contributed by atoms with Crippen LogP contribution in [0.25, 0.3) is 0 Å². The Morgan fingerprint density at radius 3 is 2.33 bits per heavy atom. The van der Waals surface area contributed by atoms with Crippen molar-refractivity contribution in [2.75, 3.05) is 0 Å². The van der Waals surface area contributed by atoms with E-state index in [1.54, 1.807) is 0 Å². The highest BCUT2D eigenvalue weighted by Crippen LogP contribution is 1.90. The van der Waals surface area contributed by atoms with Crippen LogP contribution in [0.1, 0.15) is 6.42 Å². The van der Waals surface area contributed by atoms with Crippen molar-refractivity contribution in [3.63, 3.8) is 0 Å². The molecule has 0 bridgehead atoms. The van der Waals surface area contributed by atoms with Gasteiger partial charge < -0.3 is 15.9 Å². The van der Waals surface area contributed by atoms with Gasteiger partial charge in [-0.15, -0.1) is 0 Å². The topological polar surface area (TPSA) is 83.5 Å². The Balaban J connectivity index is 3.50. The molecule has 0 saturated heterocycles. The highest BCUT2D eigenvalue weighted by atomic mass is 16.4. The maximum absolute atomic E-state index is 9.87. The number of carboxylic acids is 1. The first-order chi connectivity index (χ1) is 4.04. The molecule has 0 amide bonds. The standard InChI is InChI=1S/C4H8BNO3/c5-4(9)2(6)1-3(7)8/h2,4,9H,1,6H2,(H,7,8). The van der Waals surface area contributed by atoms with Crippen molar-refractivity contribution >= 4 is 13.8 Å². The zero-order valence-electron chi connectivity index (χ0n) is 4.82. The number of hydrogen-bond donors (Lipinski definition) is 3. The molecule has 0 aromatic heterocycles. The number of aliphatic carboxylic acids is 1. The third kappa shape index (κ3) is 3.99. The molecule has 0 aliphatic heterocycles. The summed E-state index contributed by atoms with van der Waals surface area (Å²) in [7, 11) is 4.85. The average Bonchev–Trinajstić information content (AvgIpc) is 1.63. The molecule has 5 heteroatoms. The van der Waals surface area contributed by atoms with Gasteiger partial charge >= 0.3 is 5.97 Å². The minimum absolute atomic E-state index is 0.308. The zero-order valence-corrected chi connectivity index (χ0v) is 4.82. The number of rotatable bonds is 3. The van der Waals surface area contributed by atoms with Crippen molar-refractivity contribution < 1.29 is 15.0 Å². The summed E-state index contributed by atoms with van der Waals surface area (Å²) in [5.74, 6) is -1.06. The lowest BCUT2D eigenvalue weighted by Gasteiger charge is -2.10. The summed E-state index contributed by atoms with van der Waals surface area (Å²) < 4.78 is 0. The molecule has 4 nitrogen and oxygen atoms in total. The molecule has 4 N–H and O–H groups in total. The van der Waals surface area contributed by atoms with Crippen molar-refractivity contribution in [1.29, 1.82) is 0 Å². The predicted molar refractivity (Wildman–Crippen MR) is 32.0 cm³/mol. The third-order valence-corrected chi connectivity index (χ3v) is 0.849. The van der Waals surface area contributed by atoms with E-state index in [1.807, 2.05) is 0 Å². The van der Waals surface area contributed by atoms with Crippen LogP contribution >= 0.6 is 0 Å². The second kappa shape index (κ2) is 3.47. The van der Waals surface area contributed by atoms with Gasteiger partial charge in [0.2, 0.25) is 0 Å². The molecular weight excluding hydrogens is 121 g/mol. The Kier molecular flexibility index (Phi) is 3.26. The van der Waals surface area contributed by atoms with E-state index in [2.05, 4.69) is 0 Å².